The van der Waals surface area contributed by atoms with Gasteiger partial charge in [0, 0.05) is 97.7 Å². The van der Waals surface area contributed by atoms with Gasteiger partial charge in [0.1, 0.15) is 29.8 Å². The van der Waals surface area contributed by atoms with Crippen molar-refractivity contribution < 1.29 is 33.1 Å². The van der Waals surface area contributed by atoms with E-state index in [9.17, 15) is 28.4 Å². The summed E-state index contributed by atoms with van der Waals surface area (Å²) in [7, 11) is 1.57. The maximum absolute atomic E-state index is 13.7. The van der Waals surface area contributed by atoms with Crippen LogP contribution in [0, 0.1) is 5.82 Å². The van der Waals surface area contributed by atoms with Crippen molar-refractivity contribution in [2.45, 2.75) is 113 Å². The fraction of sp³-hybridized carbons (Fsp3) is 0.491. The quantitative estimate of drug-likeness (QED) is 0.0336. The Hall–Kier alpha value is -5.42. The Labute approximate surface area is 419 Å². The number of unbranched alkanes of at least 4 members (excludes halogenated alkanes) is 7. The Kier molecular flexibility index (Phi) is 17.9. The topological polar surface area (TPSA) is 157 Å². The minimum atomic E-state index is -0.594. The first-order chi connectivity index (χ1) is 34.0. The molecule has 1 aromatic heterocycles. The fourth-order valence-electron chi connectivity index (χ4n) is 10.1. The summed E-state index contributed by atoms with van der Waals surface area (Å²) in [6, 6.07) is 13.7. The minimum Gasteiger partial charge on any atom is -0.496 e. The molecule has 4 amide bonds. The van der Waals surface area contributed by atoms with Gasteiger partial charge in [-0.15, -0.1) is 11.8 Å². The number of ether oxygens (including phenoxy) is 1. The number of benzene rings is 3. The van der Waals surface area contributed by atoms with Crippen LogP contribution in [0.3, 0.4) is 0 Å². The number of nitrogens with zero attached hydrogens (tertiary/aromatic N) is 6. The number of piperazine rings is 1. The number of carbonyl (C=O) groups is 5. The van der Waals surface area contributed by atoms with Crippen LogP contribution in [0.15, 0.2) is 71.9 Å². The SMILES string of the molecule is COc1cc2ncnc(Nc3ccc(F)c(Cl)c3)c2cc1CC(=O)/C=C/CN1CCC(N2CCN(C(=O)CCCCCCCCCCSc3cccc4c3CN(C3CCC(=O)NC3=O)C4=O)CC2)CC1. The molecule has 0 radical (unpaired) electrons. The number of allylic oxidation sites excluding steroid dienone is 1. The summed E-state index contributed by atoms with van der Waals surface area (Å²) in [5.74, 6) is 0.998. The summed E-state index contributed by atoms with van der Waals surface area (Å²) >= 11 is 7.77. The number of methoxy groups -OCH3 is 1. The highest BCUT2D eigenvalue weighted by atomic mass is 35.5. The smallest absolute Gasteiger partial charge is 0.255 e. The molecule has 3 fully saturated rings. The maximum Gasteiger partial charge on any atom is 0.255 e. The highest BCUT2D eigenvalue weighted by Crippen LogP contribution is 2.35. The van der Waals surface area contributed by atoms with Crippen molar-refractivity contribution in [3.8, 4) is 5.75 Å². The number of amides is 4. The van der Waals surface area contributed by atoms with Gasteiger partial charge in [0.15, 0.2) is 5.78 Å². The average Bonchev–Trinajstić information content (AvgIpc) is 3.70. The number of halogens is 2. The van der Waals surface area contributed by atoms with Crippen LogP contribution in [-0.4, -0.2) is 130 Å². The van der Waals surface area contributed by atoms with Crippen LogP contribution in [0.1, 0.15) is 105 Å². The van der Waals surface area contributed by atoms with Crippen molar-refractivity contribution >= 4 is 75.2 Å². The summed E-state index contributed by atoms with van der Waals surface area (Å²) < 4.78 is 19.4. The molecule has 2 N–H and O–H groups in total. The van der Waals surface area contributed by atoms with Crippen LogP contribution in [0.5, 0.6) is 5.75 Å². The summed E-state index contributed by atoms with van der Waals surface area (Å²) in [6.07, 6.45) is 17.6. The molecule has 70 heavy (non-hydrogen) atoms. The van der Waals surface area contributed by atoms with Gasteiger partial charge in [-0.1, -0.05) is 62.3 Å². The van der Waals surface area contributed by atoms with Crippen LogP contribution in [0.25, 0.3) is 10.9 Å². The third-order valence-corrected chi connectivity index (χ3v) is 15.5. The first-order valence-corrected chi connectivity index (χ1v) is 26.3. The van der Waals surface area contributed by atoms with Crippen LogP contribution in [-0.2, 0) is 32.1 Å². The second-order valence-electron chi connectivity index (χ2n) is 18.8. The lowest BCUT2D eigenvalue weighted by molar-refractivity contribution is -0.137. The van der Waals surface area contributed by atoms with E-state index in [2.05, 4.69) is 41.4 Å². The summed E-state index contributed by atoms with van der Waals surface area (Å²) in [6.45, 7) is 6.47. The third kappa shape index (κ3) is 13.1. The van der Waals surface area contributed by atoms with Gasteiger partial charge in [-0.25, -0.2) is 14.4 Å². The molecule has 3 saturated heterocycles. The number of hydrogen-bond acceptors (Lipinski definition) is 12. The van der Waals surface area contributed by atoms with Gasteiger partial charge in [-0.05, 0) is 99.0 Å². The lowest BCUT2D eigenvalue weighted by atomic mass is 10.0. The molecule has 8 rings (SSSR count). The number of piperidine rings is 2. The number of rotatable bonds is 22. The molecule has 3 aromatic carbocycles. The Morgan fingerprint density at radius 2 is 1.67 bits per heavy atom. The van der Waals surface area contributed by atoms with Crippen molar-refractivity contribution in [2.24, 2.45) is 0 Å². The van der Waals surface area contributed by atoms with Gasteiger partial charge >= 0.3 is 0 Å². The molecule has 4 aromatic rings. The van der Waals surface area contributed by atoms with E-state index in [0.29, 0.717) is 71.3 Å². The highest BCUT2D eigenvalue weighted by Gasteiger charge is 2.40. The molecule has 1 atom stereocenters. The van der Waals surface area contributed by atoms with E-state index in [1.165, 1.54) is 37.7 Å². The van der Waals surface area contributed by atoms with Crippen LogP contribution in [0.2, 0.25) is 5.02 Å². The van der Waals surface area contributed by atoms with E-state index in [1.807, 2.05) is 24.3 Å². The first-order valence-electron chi connectivity index (χ1n) is 24.9. The van der Waals surface area contributed by atoms with E-state index in [-0.39, 0.29) is 47.3 Å². The summed E-state index contributed by atoms with van der Waals surface area (Å²) in [4.78, 5) is 81.9. The number of imide groups is 1. The predicted molar refractivity (Wildman–Crippen MR) is 271 cm³/mol. The molecule has 0 bridgehead atoms. The number of anilines is 2. The normalized spacial score (nSPS) is 18.2. The minimum absolute atomic E-state index is 0.00207. The van der Waals surface area contributed by atoms with Gasteiger partial charge in [-0.3, -0.25) is 39.1 Å². The lowest BCUT2D eigenvalue weighted by Crippen LogP contribution is -2.54. The molecule has 1 unspecified atom stereocenters. The van der Waals surface area contributed by atoms with E-state index < -0.39 is 11.9 Å². The van der Waals surface area contributed by atoms with E-state index in [4.69, 9.17) is 16.3 Å². The van der Waals surface area contributed by atoms with E-state index in [1.54, 1.807) is 42.0 Å². The number of aromatic nitrogens is 2. The molecule has 0 spiro atoms. The number of thioether (sulfide) groups is 1. The Morgan fingerprint density at radius 3 is 2.41 bits per heavy atom. The monoisotopic (exact) mass is 994 g/mol. The zero-order chi connectivity index (χ0) is 49.0. The molecule has 14 nitrogen and oxygen atoms in total. The number of hydrogen-bond donors (Lipinski definition) is 2. The second-order valence-corrected chi connectivity index (χ2v) is 20.3. The molecular weight excluding hydrogens is 931 g/mol. The molecular formula is C53H64ClFN8O6S. The highest BCUT2D eigenvalue weighted by molar-refractivity contribution is 7.99. The van der Waals surface area contributed by atoms with Gasteiger partial charge in [-0.2, -0.15) is 0 Å². The Bertz CT molecular complexity index is 2570. The molecule has 0 aliphatic carbocycles. The summed E-state index contributed by atoms with van der Waals surface area (Å²) in [5, 5.41) is 6.25. The van der Waals surface area contributed by atoms with Crippen molar-refractivity contribution in [1.29, 1.82) is 0 Å². The summed E-state index contributed by atoms with van der Waals surface area (Å²) in [5.41, 5.74) is 3.58. The van der Waals surface area contributed by atoms with Gasteiger partial charge in [0.05, 0.1) is 17.6 Å². The molecule has 4 aliphatic heterocycles. The average molecular weight is 996 g/mol. The second kappa shape index (κ2) is 24.6. The van der Waals surface area contributed by atoms with Crippen molar-refractivity contribution in [3.63, 3.8) is 0 Å². The van der Waals surface area contributed by atoms with Gasteiger partial charge in [0.2, 0.25) is 17.7 Å². The van der Waals surface area contributed by atoms with Gasteiger partial charge in [0.25, 0.3) is 5.91 Å². The van der Waals surface area contributed by atoms with Crippen molar-refractivity contribution in [2.75, 3.05) is 64.0 Å². The van der Waals surface area contributed by atoms with Crippen LogP contribution >= 0.6 is 23.4 Å². The van der Waals surface area contributed by atoms with E-state index in [0.717, 1.165) is 100 Å². The molecule has 0 saturated carbocycles. The number of ketones is 1. The van der Waals surface area contributed by atoms with Gasteiger partial charge < -0.3 is 19.9 Å². The largest absolute Gasteiger partial charge is 0.496 e. The number of fused-ring (bicyclic) bond motifs is 2. The standard InChI is InChI=1S/C53H64ClFN8O6S/c1-69-47-33-45-41(51(57-35-56-45)58-37-16-17-44(55)43(54)32-37)31-36(47)30-39(64)12-11-22-60-23-20-38(21-24-60)61-25-27-62(28-26-61)50(66)15-8-6-4-2-3-5-7-9-29-70-48-14-10-13-40-42(48)34-63(53(40)68)46-18-19-49(65)59-52(46)67/h10-14,16-17,31-33,35,38,46H,2-9,15,18-30,34H2,1H3,(H,56,57,58)(H,59,65,67)/b12-11+. The molecule has 372 valence electrons. The fourth-order valence-corrected chi connectivity index (χ4v) is 11.4. The first kappa shape index (κ1) is 51.0. The maximum atomic E-state index is 13.7. The molecule has 5 heterocycles. The third-order valence-electron chi connectivity index (χ3n) is 14.1. The number of carbonyl (C=O) groups excluding carboxylic acids is 5. The Balaban J connectivity index is 0.656. The van der Waals surface area contributed by atoms with Crippen molar-refractivity contribution in [3.05, 3.63) is 94.5 Å². The van der Waals surface area contributed by atoms with Crippen LogP contribution < -0.4 is 15.4 Å². The molecule has 17 heteroatoms. The lowest BCUT2D eigenvalue weighted by Gasteiger charge is -2.42. The zero-order valence-corrected chi connectivity index (χ0v) is 41.6. The number of nitrogens with one attached hydrogen (secondary N) is 2. The number of likely N-dealkylation sites (tertiary alicyclic amines) is 1. The molecule has 4 aliphatic rings. The van der Waals surface area contributed by atoms with Crippen LogP contribution in [0.4, 0.5) is 15.9 Å². The zero-order valence-electron chi connectivity index (χ0n) is 40.1. The predicted octanol–water partition coefficient (Wildman–Crippen LogP) is 8.52. The Morgan fingerprint density at radius 1 is 0.914 bits per heavy atom. The van der Waals surface area contributed by atoms with Crippen molar-refractivity contribution in [1.82, 2.24) is 34.9 Å². The van der Waals surface area contributed by atoms with E-state index >= 15 is 0 Å².